The first-order chi connectivity index (χ1) is 31.4. The first-order valence-electron chi connectivity index (χ1n) is 20.5. The van der Waals surface area contributed by atoms with E-state index in [1.807, 2.05) is 66.7 Å². The first-order valence-corrected chi connectivity index (χ1v) is 26.7. The van der Waals surface area contributed by atoms with Crippen molar-refractivity contribution in [2.24, 2.45) is 0 Å². The molecule has 8 fully saturated rings. The van der Waals surface area contributed by atoms with E-state index in [4.69, 9.17) is 32.9 Å². The van der Waals surface area contributed by atoms with Crippen molar-refractivity contribution in [1.82, 2.24) is 19.6 Å². The Morgan fingerprint density at radius 2 is 0.985 bits per heavy atom. The lowest BCUT2D eigenvalue weighted by atomic mass is 9.54. The van der Waals surface area contributed by atoms with E-state index in [9.17, 15) is 0 Å². The lowest BCUT2D eigenvalue weighted by Gasteiger charge is -2.52. The number of thiocarbonyl (C=S) groups is 2. The number of thioether (sulfide) groups is 4. The van der Waals surface area contributed by atoms with Gasteiger partial charge in [-0.3, -0.25) is 29.0 Å². The van der Waals surface area contributed by atoms with E-state index in [1.165, 1.54) is 54.7 Å². The summed E-state index contributed by atoms with van der Waals surface area (Å²) in [5, 5.41) is 0. The number of para-hydroxylation sites is 3. The maximum atomic E-state index is 15.9. The zero-order chi connectivity index (χ0) is 46.7. The second-order valence-electron chi connectivity index (χ2n) is 17.5. The maximum Gasteiger partial charge on any atom is 0.335 e. The molecule has 22 heteroatoms. The van der Waals surface area contributed by atoms with Crippen LogP contribution in [0.3, 0.4) is 0 Å². The molecular weight excluding hydrogens is 997 g/mol. The number of anilines is 3. The SMILES string of the molecule is CN1C(=O)C23CC4(C56CC78SC(=S)S[C@](C)(C(=O)N7[C@H]5N(S(=O)(=O)c5ccccc5)c5ccccc56)N(C)C8=O)c5ccccc5N(c5ccccc5)[C@@H]4N2C(=O)[C@@]1(C)SC(=S)S3.O=S=O. The van der Waals surface area contributed by atoms with Crippen LogP contribution in [0.2, 0.25) is 0 Å². The molecule has 8 atom stereocenters. The Kier molecular flexibility index (Phi) is 9.63. The highest BCUT2D eigenvalue weighted by Crippen LogP contribution is 2.79. The van der Waals surface area contributed by atoms with Gasteiger partial charge in [0.1, 0.15) is 19.4 Å². The Labute approximate surface area is 411 Å². The van der Waals surface area contributed by atoms with Gasteiger partial charge in [-0.25, -0.2) is 12.7 Å². The average Bonchev–Trinajstić information content (AvgIpc) is 3.91. The van der Waals surface area contributed by atoms with Gasteiger partial charge in [-0.2, -0.15) is 8.42 Å². The number of benzene rings is 4. The smallest absolute Gasteiger partial charge is 0.320 e. The number of hydrogen-bond donors (Lipinski definition) is 0. The third-order valence-electron chi connectivity index (χ3n) is 14.9. The van der Waals surface area contributed by atoms with Crippen LogP contribution in [0, 0.1) is 0 Å². The number of sulfonamides is 1. The molecule has 14 nitrogen and oxygen atoms in total. The molecule has 66 heavy (non-hydrogen) atoms. The van der Waals surface area contributed by atoms with Crippen molar-refractivity contribution < 1.29 is 36.0 Å². The van der Waals surface area contributed by atoms with Crippen LogP contribution in [0.1, 0.15) is 37.8 Å². The summed E-state index contributed by atoms with van der Waals surface area (Å²) in [6.07, 6.45) is -2.54. The van der Waals surface area contributed by atoms with Gasteiger partial charge in [0.2, 0.25) is 0 Å². The molecule has 4 bridgehead atoms. The van der Waals surface area contributed by atoms with Gasteiger partial charge in [-0.15, -0.1) is 0 Å². The summed E-state index contributed by atoms with van der Waals surface area (Å²) in [4.78, 5) is 65.1. The summed E-state index contributed by atoms with van der Waals surface area (Å²) in [6, 6.07) is 32.9. The lowest BCUT2D eigenvalue weighted by Crippen LogP contribution is -2.73. The summed E-state index contributed by atoms with van der Waals surface area (Å²) in [7, 11) is -1.29. The number of rotatable bonds is 4. The van der Waals surface area contributed by atoms with Crippen LogP contribution in [0.15, 0.2) is 114 Å². The maximum absolute atomic E-state index is 15.9. The zero-order valence-electron chi connectivity index (χ0n) is 35.2. The number of hydrogen-bond acceptors (Lipinski definition) is 15. The second kappa shape index (κ2) is 14.4. The predicted molar refractivity (Wildman–Crippen MR) is 264 cm³/mol. The first kappa shape index (κ1) is 44.2. The molecule has 10 aliphatic rings. The van der Waals surface area contributed by atoms with Gasteiger partial charge in [0.05, 0.1) is 21.4 Å². The summed E-state index contributed by atoms with van der Waals surface area (Å²) in [6.45, 7) is 3.40. The molecule has 338 valence electrons. The fraction of sp³-hybridized carbons (Fsp3) is 0.318. The standard InChI is InChI=1S/C44H36N6O6S7.O2S/c1-39-33(51)48-31-41(23-43(48,35(53)45(39)3)61-37(57)59-39,27-19-11-13-21-29(27)47(31)25-15-7-5-8-16-25)42-24-44-36(54)46(4)40(2,60-38(58)62-44)34(52)49(44)32(42)50(30-22-14-12-20-28(30)42)63(55,56)26-17-9-6-10-18-26;1-3-2/h5-22,31-32H,23-24H2,1-4H3;/t31-,32+,39-,40-,41?,42?,43?,44?;/m1./s1. The van der Waals surface area contributed by atoms with E-state index >= 15 is 27.6 Å². The van der Waals surface area contributed by atoms with Crippen LogP contribution >= 0.6 is 71.5 Å². The topological polar surface area (TPSA) is 156 Å². The molecular formula is C44H36N6O8S8. The van der Waals surface area contributed by atoms with Crippen molar-refractivity contribution in [2.75, 3.05) is 23.3 Å². The van der Waals surface area contributed by atoms with Crippen molar-refractivity contribution in [2.45, 2.75) is 74.2 Å². The number of piperazine rings is 2. The van der Waals surface area contributed by atoms with Crippen molar-refractivity contribution in [3.8, 4) is 0 Å². The molecule has 0 aromatic heterocycles. The van der Waals surface area contributed by atoms with E-state index in [1.54, 1.807) is 63.2 Å². The Balaban J connectivity index is 0.00000156. The molecule has 4 unspecified atom stereocenters. The van der Waals surface area contributed by atoms with Gasteiger partial charge in [-0.1, -0.05) is 144 Å². The summed E-state index contributed by atoms with van der Waals surface area (Å²) >= 11 is 16.0. The summed E-state index contributed by atoms with van der Waals surface area (Å²) < 4.78 is 50.4. The van der Waals surface area contributed by atoms with Crippen LogP contribution in [0.4, 0.5) is 17.1 Å². The fourth-order valence-corrected chi connectivity index (χ4v) is 21.4. The van der Waals surface area contributed by atoms with E-state index in [0.29, 0.717) is 18.3 Å². The largest absolute Gasteiger partial charge is 0.335 e. The van der Waals surface area contributed by atoms with E-state index in [2.05, 4.69) is 4.90 Å². The minimum Gasteiger partial charge on any atom is -0.320 e. The highest BCUT2D eigenvalue weighted by atomic mass is 32.2. The van der Waals surface area contributed by atoms with Gasteiger partial charge in [0.15, 0.2) is 19.5 Å². The minimum atomic E-state index is -4.55. The van der Waals surface area contributed by atoms with E-state index in [0.717, 1.165) is 40.5 Å². The highest BCUT2D eigenvalue weighted by molar-refractivity contribution is 8.49. The molecule has 10 aliphatic heterocycles. The molecule has 14 rings (SSSR count). The number of carbonyl (C=O) groups excluding carboxylic acids is 4. The zero-order valence-corrected chi connectivity index (χ0v) is 41.7. The lowest BCUT2D eigenvalue weighted by molar-refractivity contribution is -0.163. The molecule has 4 aromatic carbocycles. The quantitative estimate of drug-likeness (QED) is 0.220. The highest BCUT2D eigenvalue weighted by Gasteiger charge is 2.88. The van der Waals surface area contributed by atoms with Crippen LogP contribution in [-0.4, -0.2) is 113 Å². The molecule has 0 N–H and O–H groups in total. The van der Waals surface area contributed by atoms with Crippen LogP contribution in [-0.2, 0) is 51.6 Å². The summed E-state index contributed by atoms with van der Waals surface area (Å²) in [5.41, 5.74) is 0.173. The molecule has 10 heterocycles. The monoisotopic (exact) mass is 1030 g/mol. The van der Waals surface area contributed by atoms with Gasteiger partial charge < -0.3 is 14.7 Å². The van der Waals surface area contributed by atoms with Crippen molar-refractivity contribution >= 4 is 141 Å². The molecule has 0 saturated carbocycles. The minimum absolute atomic E-state index is 0.00151. The molecule has 4 aromatic rings. The van der Waals surface area contributed by atoms with Crippen LogP contribution in [0.5, 0.6) is 0 Å². The van der Waals surface area contributed by atoms with E-state index in [-0.39, 0.29) is 35.5 Å². The average molecular weight is 1030 g/mol. The Hall–Kier alpha value is -4.29. The Morgan fingerprint density at radius 1 is 0.576 bits per heavy atom. The van der Waals surface area contributed by atoms with Gasteiger partial charge in [0, 0.05) is 38.3 Å². The molecule has 0 aliphatic carbocycles. The van der Waals surface area contributed by atoms with Crippen LogP contribution in [0.25, 0.3) is 0 Å². The van der Waals surface area contributed by atoms with Crippen molar-refractivity contribution in [1.29, 1.82) is 0 Å². The van der Waals surface area contributed by atoms with Crippen molar-refractivity contribution in [3.05, 3.63) is 120 Å². The number of likely N-dealkylation sites (N-methyl/N-ethyl adjacent to an activating group) is 2. The predicted octanol–water partition coefficient (Wildman–Crippen LogP) is 5.97. The molecule has 0 radical (unpaired) electrons. The van der Waals surface area contributed by atoms with Gasteiger partial charge in [0.25, 0.3) is 33.7 Å². The molecule has 2 spiro atoms. The second-order valence-corrected chi connectivity index (χ2v) is 27.2. The fourth-order valence-electron chi connectivity index (χ4n) is 12.2. The third kappa shape index (κ3) is 5.01. The Morgan fingerprint density at radius 3 is 1.50 bits per heavy atom. The summed E-state index contributed by atoms with van der Waals surface area (Å²) in [5.74, 6) is -1.49. The number of amides is 4. The third-order valence-corrected chi connectivity index (χ3v) is 22.8. The molecule has 4 amide bonds. The number of carbonyl (C=O) groups is 4. The number of fused-ring (bicyclic) bond motifs is 13. The van der Waals surface area contributed by atoms with Crippen molar-refractivity contribution in [3.63, 3.8) is 0 Å². The van der Waals surface area contributed by atoms with Crippen LogP contribution < -0.4 is 9.21 Å². The molecule has 8 saturated heterocycles. The number of nitrogens with zero attached hydrogens (tertiary/aromatic N) is 6. The van der Waals surface area contributed by atoms with Gasteiger partial charge in [-0.05, 0) is 61.4 Å². The Bertz CT molecular complexity index is 3080. The van der Waals surface area contributed by atoms with Gasteiger partial charge >= 0.3 is 11.6 Å². The normalized spacial score (nSPS) is 34.6. The van der Waals surface area contributed by atoms with E-state index < -0.39 is 70.1 Å².